The minimum atomic E-state index is -2.97. The van der Waals surface area contributed by atoms with E-state index < -0.39 is 18.1 Å². The van der Waals surface area contributed by atoms with Crippen molar-refractivity contribution in [3.05, 3.63) is 28.6 Å². The molecule has 0 saturated carbocycles. The predicted molar refractivity (Wildman–Crippen MR) is 53.1 cm³/mol. The van der Waals surface area contributed by atoms with Gasteiger partial charge in [-0.25, -0.2) is 18.6 Å². The normalized spacial score (nSPS) is 10.1. The van der Waals surface area contributed by atoms with Crippen molar-refractivity contribution in [1.29, 1.82) is 5.26 Å². The first-order chi connectivity index (χ1) is 8.04. The van der Waals surface area contributed by atoms with Gasteiger partial charge in [-0.05, 0) is 6.07 Å². The van der Waals surface area contributed by atoms with E-state index in [1.807, 2.05) is 0 Å². The molecule has 0 amide bonds. The van der Waals surface area contributed by atoms with Crippen LogP contribution >= 0.6 is 0 Å². The van der Waals surface area contributed by atoms with Crippen molar-refractivity contribution in [3.8, 4) is 6.07 Å². The van der Waals surface area contributed by atoms with Crippen LogP contribution in [0, 0.1) is 11.3 Å². The number of carbonyl (C=O) groups is 1. The molecular formula is C10H9F2N3O2. The quantitative estimate of drug-likeness (QED) is 0.801. The average Bonchev–Trinajstić information content (AvgIpc) is 2.35. The molecule has 0 aromatic carbocycles. The van der Waals surface area contributed by atoms with Crippen molar-refractivity contribution in [3.63, 3.8) is 0 Å². The van der Waals surface area contributed by atoms with Crippen molar-refractivity contribution in [2.45, 2.75) is 13.0 Å². The number of nitriles is 1. The zero-order valence-corrected chi connectivity index (χ0v) is 8.91. The second-order valence-electron chi connectivity index (χ2n) is 3.04. The van der Waals surface area contributed by atoms with Crippen LogP contribution in [0.15, 0.2) is 6.07 Å². The molecule has 0 unspecified atom stereocenters. The SMILES string of the molecule is COC(=O)c1cc(CN)c(C#N)nc1C(F)F. The second-order valence-corrected chi connectivity index (χ2v) is 3.04. The molecule has 0 aliphatic heterocycles. The Kier molecular flexibility index (Phi) is 4.06. The number of carbonyl (C=O) groups excluding carboxylic acids is 1. The summed E-state index contributed by atoms with van der Waals surface area (Å²) in [4.78, 5) is 14.7. The Morgan fingerprint density at radius 2 is 2.35 bits per heavy atom. The highest BCUT2D eigenvalue weighted by atomic mass is 19.3. The molecule has 90 valence electrons. The Labute approximate surface area is 95.8 Å². The topological polar surface area (TPSA) is 89.0 Å². The highest BCUT2D eigenvalue weighted by Gasteiger charge is 2.23. The molecule has 17 heavy (non-hydrogen) atoms. The number of hydrogen-bond acceptors (Lipinski definition) is 5. The lowest BCUT2D eigenvalue weighted by atomic mass is 10.1. The van der Waals surface area contributed by atoms with E-state index in [-0.39, 0.29) is 23.4 Å². The van der Waals surface area contributed by atoms with Crippen LogP contribution in [-0.2, 0) is 11.3 Å². The van der Waals surface area contributed by atoms with Crippen LogP contribution < -0.4 is 5.73 Å². The summed E-state index contributed by atoms with van der Waals surface area (Å²) in [6.45, 7) is -0.0800. The zero-order valence-electron chi connectivity index (χ0n) is 8.91. The molecule has 0 spiro atoms. The Morgan fingerprint density at radius 3 is 2.76 bits per heavy atom. The van der Waals surface area contributed by atoms with Gasteiger partial charge in [0.1, 0.15) is 17.5 Å². The average molecular weight is 241 g/mol. The number of halogens is 2. The summed E-state index contributed by atoms with van der Waals surface area (Å²) in [5, 5.41) is 8.71. The number of methoxy groups -OCH3 is 1. The van der Waals surface area contributed by atoms with Gasteiger partial charge in [0, 0.05) is 12.1 Å². The smallest absolute Gasteiger partial charge is 0.339 e. The maximum absolute atomic E-state index is 12.7. The van der Waals surface area contributed by atoms with Gasteiger partial charge in [-0.15, -0.1) is 0 Å². The fourth-order valence-electron chi connectivity index (χ4n) is 1.26. The summed E-state index contributed by atoms with van der Waals surface area (Å²) in [5.74, 6) is -0.938. The molecule has 0 saturated heterocycles. The summed E-state index contributed by atoms with van der Waals surface area (Å²) in [6.07, 6.45) is -2.97. The van der Waals surface area contributed by atoms with Gasteiger partial charge in [-0.2, -0.15) is 5.26 Å². The number of rotatable bonds is 3. The van der Waals surface area contributed by atoms with Gasteiger partial charge >= 0.3 is 5.97 Å². The Morgan fingerprint density at radius 1 is 1.71 bits per heavy atom. The summed E-state index contributed by atoms with van der Waals surface area (Å²) in [5.41, 5.74) is 4.19. The molecule has 0 bridgehead atoms. The number of aromatic nitrogens is 1. The molecule has 1 heterocycles. The minimum absolute atomic E-state index is 0.0800. The van der Waals surface area contributed by atoms with E-state index in [1.54, 1.807) is 6.07 Å². The lowest BCUT2D eigenvalue weighted by Crippen LogP contribution is -2.13. The lowest BCUT2D eigenvalue weighted by molar-refractivity contribution is 0.0587. The third-order valence-electron chi connectivity index (χ3n) is 2.07. The highest BCUT2D eigenvalue weighted by molar-refractivity contribution is 5.91. The first-order valence-electron chi connectivity index (χ1n) is 4.55. The van der Waals surface area contributed by atoms with E-state index in [2.05, 4.69) is 9.72 Å². The van der Waals surface area contributed by atoms with E-state index in [0.29, 0.717) is 0 Å². The summed E-state index contributed by atoms with van der Waals surface area (Å²) in [6, 6.07) is 2.76. The number of pyridine rings is 1. The van der Waals surface area contributed by atoms with Gasteiger partial charge < -0.3 is 10.5 Å². The highest BCUT2D eigenvalue weighted by Crippen LogP contribution is 2.23. The van der Waals surface area contributed by atoms with Crippen LogP contribution in [0.25, 0.3) is 0 Å². The fraction of sp³-hybridized carbons (Fsp3) is 0.300. The number of hydrogen-bond donors (Lipinski definition) is 1. The van der Waals surface area contributed by atoms with Crippen LogP contribution in [0.4, 0.5) is 8.78 Å². The second kappa shape index (κ2) is 5.32. The Bertz CT molecular complexity index is 483. The van der Waals surface area contributed by atoms with E-state index in [0.717, 1.165) is 13.2 Å². The molecule has 2 N–H and O–H groups in total. The third kappa shape index (κ3) is 2.54. The van der Waals surface area contributed by atoms with Crippen LogP contribution in [0.3, 0.4) is 0 Å². The zero-order chi connectivity index (χ0) is 13.0. The van der Waals surface area contributed by atoms with Gasteiger partial charge in [0.05, 0.1) is 12.7 Å². The summed E-state index contributed by atoms with van der Waals surface area (Å²) < 4.78 is 29.7. The number of esters is 1. The van der Waals surface area contributed by atoms with Gasteiger partial charge in [0.25, 0.3) is 6.43 Å². The number of alkyl halides is 2. The maximum atomic E-state index is 12.7. The summed E-state index contributed by atoms with van der Waals surface area (Å²) >= 11 is 0. The maximum Gasteiger partial charge on any atom is 0.339 e. The molecule has 1 rings (SSSR count). The van der Waals surface area contributed by atoms with Gasteiger partial charge in [0.2, 0.25) is 0 Å². The van der Waals surface area contributed by atoms with Crippen LogP contribution in [0.2, 0.25) is 0 Å². The van der Waals surface area contributed by atoms with Gasteiger partial charge in [-0.1, -0.05) is 0 Å². The van der Waals surface area contributed by atoms with Crippen molar-refractivity contribution in [1.82, 2.24) is 4.98 Å². The predicted octanol–water partition coefficient (Wildman–Crippen LogP) is 1.14. The Hall–Kier alpha value is -2.07. The molecule has 0 aliphatic carbocycles. The molecule has 1 aromatic heterocycles. The molecule has 0 radical (unpaired) electrons. The number of nitrogens with two attached hydrogens (primary N) is 1. The third-order valence-corrected chi connectivity index (χ3v) is 2.07. The minimum Gasteiger partial charge on any atom is -0.465 e. The van der Waals surface area contributed by atoms with Crippen molar-refractivity contribution >= 4 is 5.97 Å². The first kappa shape index (κ1) is 13.0. The first-order valence-corrected chi connectivity index (χ1v) is 4.55. The van der Waals surface area contributed by atoms with Crippen LogP contribution in [-0.4, -0.2) is 18.1 Å². The van der Waals surface area contributed by atoms with Crippen molar-refractivity contribution in [2.24, 2.45) is 5.73 Å². The van der Waals surface area contributed by atoms with Gasteiger partial charge in [0.15, 0.2) is 0 Å². The molecule has 0 atom stereocenters. The molecule has 7 heteroatoms. The van der Waals surface area contributed by atoms with Gasteiger partial charge in [-0.3, -0.25) is 0 Å². The molecule has 5 nitrogen and oxygen atoms in total. The van der Waals surface area contributed by atoms with E-state index in [4.69, 9.17) is 11.0 Å². The number of nitrogens with zero attached hydrogens (tertiary/aromatic N) is 2. The monoisotopic (exact) mass is 241 g/mol. The van der Waals surface area contributed by atoms with Crippen LogP contribution in [0.5, 0.6) is 0 Å². The summed E-state index contributed by atoms with van der Waals surface area (Å²) in [7, 11) is 1.07. The molecule has 1 aromatic rings. The van der Waals surface area contributed by atoms with Crippen LogP contribution in [0.1, 0.15) is 33.7 Å². The molecular weight excluding hydrogens is 232 g/mol. The molecule has 0 fully saturated rings. The van der Waals surface area contributed by atoms with Crippen molar-refractivity contribution in [2.75, 3.05) is 7.11 Å². The molecule has 0 aliphatic rings. The largest absolute Gasteiger partial charge is 0.465 e. The van der Waals surface area contributed by atoms with Crippen molar-refractivity contribution < 1.29 is 18.3 Å². The lowest BCUT2D eigenvalue weighted by Gasteiger charge is -2.09. The van der Waals surface area contributed by atoms with E-state index in [9.17, 15) is 13.6 Å². The number of ether oxygens (including phenoxy) is 1. The Balaban J connectivity index is 3.47. The standard InChI is InChI=1S/C10H9F2N3O2/c1-17-10(16)6-2-5(3-13)7(4-14)15-8(6)9(11)12/h2,9H,3,13H2,1H3. The fourth-order valence-corrected chi connectivity index (χ4v) is 1.26. The van der Waals surface area contributed by atoms with E-state index >= 15 is 0 Å². The van der Waals surface area contributed by atoms with E-state index in [1.165, 1.54) is 0 Å².